The number of aliphatic imine (C=N–C) groups is 1. The molecule has 0 aliphatic carbocycles. The third-order valence-electron chi connectivity index (χ3n) is 2.79. The van der Waals surface area contributed by atoms with Crippen LogP contribution in [-0.2, 0) is 0 Å². The molecule has 1 aliphatic rings. The maximum absolute atomic E-state index is 9.85. The van der Waals surface area contributed by atoms with Crippen molar-refractivity contribution in [2.24, 2.45) is 4.99 Å². The summed E-state index contributed by atoms with van der Waals surface area (Å²) >= 11 is 0. The molecule has 4 heteroatoms. The molecule has 0 fully saturated rings. The van der Waals surface area contributed by atoms with Crippen molar-refractivity contribution >= 4 is 18.1 Å². The number of rotatable bonds is 1. The van der Waals surface area contributed by atoms with Gasteiger partial charge in [-0.2, -0.15) is 0 Å². The van der Waals surface area contributed by atoms with Crippen LogP contribution in [0, 0.1) is 0 Å². The SMILES string of the molecule is CC1(O)C=Cc2[nH]c(-c3ccccc3)nc2N=C1. The van der Waals surface area contributed by atoms with E-state index in [9.17, 15) is 5.11 Å². The Kier molecular flexibility index (Phi) is 2.38. The van der Waals surface area contributed by atoms with E-state index >= 15 is 0 Å². The van der Waals surface area contributed by atoms with Gasteiger partial charge in [-0.1, -0.05) is 30.3 Å². The summed E-state index contributed by atoms with van der Waals surface area (Å²) < 4.78 is 0. The molecule has 1 aromatic carbocycles. The predicted octanol–water partition coefficient (Wildman–Crippen LogP) is 2.56. The van der Waals surface area contributed by atoms with Crippen molar-refractivity contribution in [3.8, 4) is 11.4 Å². The molecule has 0 radical (unpaired) electrons. The first-order valence-electron chi connectivity index (χ1n) is 5.76. The summed E-state index contributed by atoms with van der Waals surface area (Å²) in [6, 6.07) is 9.87. The number of hydrogen-bond donors (Lipinski definition) is 2. The molecule has 0 saturated carbocycles. The Hall–Kier alpha value is -2.20. The largest absolute Gasteiger partial charge is 0.380 e. The highest BCUT2D eigenvalue weighted by Gasteiger charge is 2.18. The molecule has 2 heterocycles. The summed E-state index contributed by atoms with van der Waals surface area (Å²) in [4.78, 5) is 11.8. The molecule has 90 valence electrons. The molecule has 18 heavy (non-hydrogen) atoms. The molecule has 4 nitrogen and oxygen atoms in total. The molecule has 0 spiro atoms. The fraction of sp³-hybridized carbons (Fsp3) is 0.143. The van der Waals surface area contributed by atoms with Gasteiger partial charge in [0.1, 0.15) is 11.4 Å². The minimum Gasteiger partial charge on any atom is -0.380 e. The Morgan fingerprint density at radius 2 is 2.00 bits per heavy atom. The van der Waals surface area contributed by atoms with Gasteiger partial charge in [0.2, 0.25) is 0 Å². The van der Waals surface area contributed by atoms with Gasteiger partial charge < -0.3 is 10.1 Å². The van der Waals surface area contributed by atoms with Crippen molar-refractivity contribution < 1.29 is 5.11 Å². The summed E-state index contributed by atoms with van der Waals surface area (Å²) in [5.74, 6) is 1.38. The van der Waals surface area contributed by atoms with Gasteiger partial charge in [0.05, 0.1) is 5.69 Å². The molecule has 1 unspecified atom stereocenters. The van der Waals surface area contributed by atoms with E-state index in [1.54, 1.807) is 13.0 Å². The standard InChI is InChI=1S/C14H13N3O/c1-14(18)8-7-11-13(15-9-14)17-12(16-11)10-5-3-2-4-6-10/h2-9,18H,1H3,(H,16,17). The third-order valence-corrected chi connectivity index (χ3v) is 2.79. The first-order chi connectivity index (χ1) is 8.64. The number of aliphatic hydroxyl groups is 1. The molecule has 1 aliphatic heterocycles. The Morgan fingerprint density at radius 3 is 2.78 bits per heavy atom. The molecule has 3 rings (SSSR count). The molecule has 0 amide bonds. The van der Waals surface area contributed by atoms with Crippen LogP contribution in [0.2, 0.25) is 0 Å². The van der Waals surface area contributed by atoms with Crippen LogP contribution in [-0.4, -0.2) is 26.9 Å². The average Bonchev–Trinajstić information content (AvgIpc) is 2.73. The number of aromatic amines is 1. The van der Waals surface area contributed by atoms with Crippen LogP contribution in [0.1, 0.15) is 12.6 Å². The van der Waals surface area contributed by atoms with E-state index in [2.05, 4.69) is 15.0 Å². The highest BCUT2D eigenvalue weighted by atomic mass is 16.3. The van der Waals surface area contributed by atoms with Crippen molar-refractivity contribution in [3.63, 3.8) is 0 Å². The lowest BCUT2D eigenvalue weighted by atomic mass is 10.1. The van der Waals surface area contributed by atoms with Gasteiger partial charge in [0.15, 0.2) is 5.82 Å². The summed E-state index contributed by atoms with van der Waals surface area (Å²) in [5, 5.41) is 9.85. The summed E-state index contributed by atoms with van der Waals surface area (Å²) in [6.07, 6.45) is 4.99. The Morgan fingerprint density at radius 1 is 1.22 bits per heavy atom. The van der Waals surface area contributed by atoms with Crippen LogP contribution in [0.25, 0.3) is 17.5 Å². The zero-order chi connectivity index (χ0) is 12.6. The molecule has 0 bridgehead atoms. The normalized spacial score (nSPS) is 21.7. The maximum Gasteiger partial charge on any atom is 0.177 e. The molecule has 0 saturated heterocycles. The van der Waals surface area contributed by atoms with E-state index in [0.29, 0.717) is 5.82 Å². The Bertz CT molecular complexity index is 590. The van der Waals surface area contributed by atoms with Crippen molar-refractivity contribution in [2.45, 2.75) is 12.5 Å². The van der Waals surface area contributed by atoms with Gasteiger partial charge in [0.25, 0.3) is 0 Å². The van der Waals surface area contributed by atoms with Crippen LogP contribution in [0.5, 0.6) is 0 Å². The summed E-state index contributed by atoms with van der Waals surface area (Å²) in [5.41, 5.74) is 0.804. The topological polar surface area (TPSA) is 61.3 Å². The lowest BCUT2D eigenvalue weighted by Gasteiger charge is -2.09. The predicted molar refractivity (Wildman–Crippen MR) is 71.8 cm³/mol. The lowest BCUT2D eigenvalue weighted by molar-refractivity contribution is 0.191. The summed E-state index contributed by atoms with van der Waals surface area (Å²) in [7, 11) is 0. The zero-order valence-corrected chi connectivity index (χ0v) is 9.96. The highest BCUT2D eigenvalue weighted by Crippen LogP contribution is 2.26. The van der Waals surface area contributed by atoms with Crippen molar-refractivity contribution in [2.75, 3.05) is 0 Å². The van der Waals surface area contributed by atoms with E-state index in [1.165, 1.54) is 6.21 Å². The van der Waals surface area contributed by atoms with Crippen LogP contribution in [0.15, 0.2) is 41.4 Å². The lowest BCUT2D eigenvalue weighted by Crippen LogP contribution is -2.21. The quantitative estimate of drug-likeness (QED) is 0.803. The van der Waals surface area contributed by atoms with Gasteiger partial charge in [0, 0.05) is 11.8 Å². The number of nitrogens with zero attached hydrogens (tertiary/aromatic N) is 2. The van der Waals surface area contributed by atoms with Gasteiger partial charge >= 0.3 is 0 Å². The summed E-state index contributed by atoms with van der Waals surface area (Å²) in [6.45, 7) is 1.68. The fourth-order valence-corrected chi connectivity index (χ4v) is 1.81. The Balaban J connectivity index is 2.04. The number of nitrogens with one attached hydrogen (secondary N) is 1. The van der Waals surface area contributed by atoms with E-state index in [1.807, 2.05) is 36.4 Å². The Labute approximate surface area is 105 Å². The highest BCUT2D eigenvalue weighted by molar-refractivity contribution is 5.80. The minimum atomic E-state index is -1.02. The molecule has 1 aromatic heterocycles. The first kappa shape index (κ1) is 10.9. The number of fused-ring (bicyclic) bond motifs is 1. The van der Waals surface area contributed by atoms with E-state index in [4.69, 9.17) is 0 Å². The minimum absolute atomic E-state index is 0.600. The van der Waals surface area contributed by atoms with E-state index in [-0.39, 0.29) is 0 Å². The van der Waals surface area contributed by atoms with E-state index < -0.39 is 5.60 Å². The van der Waals surface area contributed by atoms with Crippen LogP contribution in [0.3, 0.4) is 0 Å². The number of aromatic nitrogens is 2. The van der Waals surface area contributed by atoms with Gasteiger partial charge in [-0.3, -0.25) is 0 Å². The van der Waals surface area contributed by atoms with Crippen LogP contribution >= 0.6 is 0 Å². The molecule has 2 N–H and O–H groups in total. The van der Waals surface area contributed by atoms with Crippen molar-refractivity contribution in [3.05, 3.63) is 42.1 Å². The fourth-order valence-electron chi connectivity index (χ4n) is 1.81. The second kappa shape index (κ2) is 3.92. The van der Waals surface area contributed by atoms with Crippen molar-refractivity contribution in [1.29, 1.82) is 0 Å². The second-order valence-electron chi connectivity index (χ2n) is 4.51. The van der Waals surface area contributed by atoms with Gasteiger partial charge in [-0.05, 0) is 19.1 Å². The number of imidazole rings is 1. The molecule has 1 atom stereocenters. The smallest absolute Gasteiger partial charge is 0.177 e. The average molecular weight is 239 g/mol. The van der Waals surface area contributed by atoms with Crippen LogP contribution < -0.4 is 0 Å². The van der Waals surface area contributed by atoms with Gasteiger partial charge in [-0.25, -0.2) is 9.98 Å². The number of H-pyrrole nitrogens is 1. The van der Waals surface area contributed by atoms with Gasteiger partial charge in [-0.15, -0.1) is 0 Å². The van der Waals surface area contributed by atoms with Crippen LogP contribution in [0.4, 0.5) is 5.82 Å². The number of hydrogen-bond acceptors (Lipinski definition) is 3. The van der Waals surface area contributed by atoms with E-state index in [0.717, 1.165) is 17.1 Å². The molecule has 2 aromatic rings. The molecular weight excluding hydrogens is 226 g/mol. The third kappa shape index (κ3) is 1.98. The first-order valence-corrected chi connectivity index (χ1v) is 5.76. The zero-order valence-electron chi connectivity index (χ0n) is 9.96. The second-order valence-corrected chi connectivity index (χ2v) is 4.51. The monoisotopic (exact) mass is 239 g/mol. The van der Waals surface area contributed by atoms with Crippen molar-refractivity contribution in [1.82, 2.24) is 9.97 Å². The maximum atomic E-state index is 9.85. The molecular formula is C14H13N3O. The number of benzene rings is 1.